The Morgan fingerprint density at radius 1 is 1.33 bits per heavy atom. The zero-order valence-electron chi connectivity index (χ0n) is 6.30. The molecule has 1 aliphatic heterocycles. The van der Waals surface area contributed by atoms with E-state index in [-0.39, 0.29) is 6.61 Å². The highest BCUT2D eigenvalue weighted by Gasteiger charge is 2.41. The molecular formula is C6H12ClNO4. The van der Waals surface area contributed by atoms with Crippen LogP contribution >= 0.6 is 11.6 Å². The third-order valence-corrected chi connectivity index (χ3v) is 2.28. The third-order valence-electron chi connectivity index (χ3n) is 1.92. The number of aliphatic hydroxyl groups is 3. The topological polar surface area (TPSA) is 95.9 Å². The molecule has 1 fully saturated rings. The first kappa shape index (κ1) is 10.2. The van der Waals surface area contributed by atoms with Crippen LogP contribution in [0.15, 0.2) is 0 Å². The van der Waals surface area contributed by atoms with E-state index in [1.165, 1.54) is 0 Å². The van der Waals surface area contributed by atoms with Gasteiger partial charge >= 0.3 is 0 Å². The molecule has 0 bridgehead atoms. The van der Waals surface area contributed by atoms with E-state index in [1.807, 2.05) is 0 Å². The summed E-state index contributed by atoms with van der Waals surface area (Å²) in [4.78, 5) is 0. The predicted octanol–water partition coefficient (Wildman–Crippen LogP) is -2.01. The molecular weight excluding hydrogens is 186 g/mol. The molecule has 1 aliphatic rings. The molecule has 1 heterocycles. The molecule has 12 heavy (non-hydrogen) atoms. The lowest BCUT2D eigenvalue weighted by Crippen LogP contribution is -2.60. The number of hydrogen-bond donors (Lipinski definition) is 4. The van der Waals surface area contributed by atoms with Gasteiger partial charge < -0.3 is 25.8 Å². The summed E-state index contributed by atoms with van der Waals surface area (Å²) < 4.78 is 4.87. The highest BCUT2D eigenvalue weighted by Crippen LogP contribution is 2.21. The molecule has 1 rings (SSSR count). The second-order valence-electron chi connectivity index (χ2n) is 2.77. The van der Waals surface area contributed by atoms with E-state index in [1.54, 1.807) is 0 Å². The fourth-order valence-electron chi connectivity index (χ4n) is 1.10. The molecule has 5 N–H and O–H groups in total. The van der Waals surface area contributed by atoms with E-state index in [0.29, 0.717) is 0 Å². The van der Waals surface area contributed by atoms with Crippen molar-refractivity contribution in [2.24, 2.45) is 5.73 Å². The van der Waals surface area contributed by atoms with Crippen LogP contribution in [0.4, 0.5) is 0 Å². The third kappa shape index (κ3) is 1.71. The number of halogens is 1. The van der Waals surface area contributed by atoms with Crippen molar-refractivity contribution in [2.45, 2.75) is 29.9 Å². The van der Waals surface area contributed by atoms with Crippen LogP contribution in [0.3, 0.4) is 0 Å². The lowest BCUT2D eigenvalue weighted by molar-refractivity contribution is -0.162. The molecule has 0 amide bonds. The molecule has 5 atom stereocenters. The summed E-state index contributed by atoms with van der Waals surface area (Å²) in [6.45, 7) is -0.370. The minimum atomic E-state index is -1.11. The zero-order chi connectivity index (χ0) is 9.30. The van der Waals surface area contributed by atoms with Crippen molar-refractivity contribution < 1.29 is 20.1 Å². The summed E-state index contributed by atoms with van der Waals surface area (Å²) in [5, 5.41) is 27.2. The SMILES string of the molecule is N[C@@H]1[C@H](O)[C@H](Cl)O[C@H](CO)[C@H]1O. The van der Waals surface area contributed by atoms with Gasteiger partial charge in [-0.25, -0.2) is 0 Å². The number of ether oxygens (including phenoxy) is 1. The van der Waals surface area contributed by atoms with Crippen molar-refractivity contribution in [2.75, 3.05) is 6.61 Å². The van der Waals surface area contributed by atoms with Gasteiger partial charge in [0.1, 0.15) is 18.3 Å². The molecule has 0 aromatic carbocycles. The Morgan fingerprint density at radius 3 is 2.42 bits per heavy atom. The Labute approximate surface area is 74.7 Å². The molecule has 0 radical (unpaired) electrons. The molecule has 6 heteroatoms. The van der Waals surface area contributed by atoms with Gasteiger partial charge in [-0.1, -0.05) is 11.6 Å². The van der Waals surface area contributed by atoms with E-state index in [4.69, 9.17) is 27.2 Å². The van der Waals surface area contributed by atoms with Gasteiger partial charge in [-0.2, -0.15) is 0 Å². The number of rotatable bonds is 1. The van der Waals surface area contributed by atoms with E-state index in [2.05, 4.69) is 0 Å². The van der Waals surface area contributed by atoms with Crippen molar-refractivity contribution in [1.82, 2.24) is 0 Å². The van der Waals surface area contributed by atoms with Gasteiger partial charge in [0, 0.05) is 0 Å². The smallest absolute Gasteiger partial charge is 0.159 e. The van der Waals surface area contributed by atoms with Crippen LogP contribution < -0.4 is 5.73 Å². The predicted molar refractivity (Wildman–Crippen MR) is 41.6 cm³/mol. The molecule has 5 nitrogen and oxygen atoms in total. The highest BCUT2D eigenvalue weighted by atomic mass is 35.5. The molecule has 0 aromatic heterocycles. The minimum absolute atomic E-state index is 0.370. The standard InChI is InChI=1S/C6H12ClNO4/c7-6-5(11)3(8)4(10)2(1-9)12-6/h2-6,9-11H,1,8H2/t2-,3+,4-,5+,6-/m1/s1. The average molecular weight is 198 g/mol. The fraction of sp³-hybridized carbons (Fsp3) is 1.00. The maximum Gasteiger partial charge on any atom is 0.159 e. The van der Waals surface area contributed by atoms with E-state index >= 15 is 0 Å². The van der Waals surface area contributed by atoms with Gasteiger partial charge in [0.15, 0.2) is 5.56 Å². The maximum absolute atomic E-state index is 9.30. The average Bonchev–Trinajstić information content (AvgIpc) is 2.08. The number of aliphatic hydroxyl groups excluding tert-OH is 3. The van der Waals surface area contributed by atoms with Gasteiger partial charge in [0.2, 0.25) is 0 Å². The molecule has 72 valence electrons. The second-order valence-corrected chi connectivity index (χ2v) is 3.20. The lowest BCUT2D eigenvalue weighted by Gasteiger charge is -2.38. The molecule has 0 spiro atoms. The first-order chi connectivity index (χ1) is 5.57. The van der Waals surface area contributed by atoms with Crippen molar-refractivity contribution >= 4 is 11.6 Å². The summed E-state index contributed by atoms with van der Waals surface area (Å²) in [5.74, 6) is 0. The molecule has 1 saturated heterocycles. The van der Waals surface area contributed by atoms with Crippen LogP contribution in [0.5, 0.6) is 0 Å². The fourth-order valence-corrected chi connectivity index (χ4v) is 1.40. The summed E-state index contributed by atoms with van der Waals surface area (Å²) in [6.07, 6.45) is -3.00. The van der Waals surface area contributed by atoms with Crippen LogP contribution in [0.25, 0.3) is 0 Å². The van der Waals surface area contributed by atoms with Gasteiger partial charge in [-0.05, 0) is 0 Å². The molecule has 0 saturated carbocycles. The van der Waals surface area contributed by atoms with Gasteiger partial charge in [-0.3, -0.25) is 0 Å². The Kier molecular flexibility index (Phi) is 3.28. The van der Waals surface area contributed by atoms with Crippen molar-refractivity contribution in [3.8, 4) is 0 Å². The van der Waals surface area contributed by atoms with Gasteiger partial charge in [-0.15, -0.1) is 0 Å². The Hall–Kier alpha value is 0.0900. The first-order valence-electron chi connectivity index (χ1n) is 3.60. The molecule has 0 unspecified atom stereocenters. The van der Waals surface area contributed by atoms with Crippen molar-refractivity contribution in [1.29, 1.82) is 0 Å². The van der Waals surface area contributed by atoms with Crippen molar-refractivity contribution in [3.63, 3.8) is 0 Å². The van der Waals surface area contributed by atoms with Crippen LogP contribution in [0.1, 0.15) is 0 Å². The summed E-state index contributed by atoms with van der Waals surface area (Å²) in [7, 11) is 0. The van der Waals surface area contributed by atoms with Crippen LogP contribution in [-0.2, 0) is 4.74 Å². The second kappa shape index (κ2) is 3.87. The Balaban J connectivity index is 2.63. The zero-order valence-corrected chi connectivity index (χ0v) is 7.05. The van der Waals surface area contributed by atoms with Crippen LogP contribution in [0, 0.1) is 0 Å². The number of hydrogen-bond acceptors (Lipinski definition) is 5. The normalized spacial score (nSPS) is 49.2. The van der Waals surface area contributed by atoms with E-state index in [9.17, 15) is 10.2 Å². The van der Waals surface area contributed by atoms with Crippen molar-refractivity contribution in [3.05, 3.63) is 0 Å². The lowest BCUT2D eigenvalue weighted by atomic mass is 9.98. The Bertz CT molecular complexity index is 154. The van der Waals surface area contributed by atoms with Gasteiger partial charge in [0.05, 0.1) is 12.6 Å². The van der Waals surface area contributed by atoms with Gasteiger partial charge in [0.25, 0.3) is 0 Å². The quantitative estimate of drug-likeness (QED) is 0.365. The monoisotopic (exact) mass is 197 g/mol. The minimum Gasteiger partial charge on any atom is -0.394 e. The van der Waals surface area contributed by atoms with E-state index < -0.39 is 29.9 Å². The number of nitrogens with two attached hydrogens (primary N) is 1. The summed E-state index contributed by atoms with van der Waals surface area (Å²) in [5.41, 5.74) is 4.43. The Morgan fingerprint density at radius 2 is 1.92 bits per heavy atom. The van der Waals surface area contributed by atoms with Crippen LogP contribution in [-0.4, -0.2) is 51.8 Å². The highest BCUT2D eigenvalue weighted by molar-refractivity contribution is 6.20. The molecule has 0 aliphatic carbocycles. The summed E-state index contributed by atoms with van der Waals surface area (Å²) >= 11 is 5.53. The molecule has 0 aromatic rings. The van der Waals surface area contributed by atoms with Crippen LogP contribution in [0.2, 0.25) is 0 Å². The summed E-state index contributed by atoms with van der Waals surface area (Å²) in [6, 6.07) is -0.876. The van der Waals surface area contributed by atoms with E-state index in [0.717, 1.165) is 0 Å². The maximum atomic E-state index is 9.30. The first-order valence-corrected chi connectivity index (χ1v) is 4.03. The number of alkyl halides is 1. The largest absolute Gasteiger partial charge is 0.394 e.